The summed E-state index contributed by atoms with van der Waals surface area (Å²) in [5.74, 6) is 3.23. The van der Waals surface area contributed by atoms with Crippen molar-refractivity contribution in [3.05, 3.63) is 18.2 Å². The van der Waals surface area contributed by atoms with E-state index in [1.807, 2.05) is 19.1 Å². The lowest BCUT2D eigenvalue weighted by atomic mass is 9.85. The number of nitrogens with zero attached hydrogens (tertiary/aromatic N) is 2. The highest BCUT2D eigenvalue weighted by molar-refractivity contribution is 5.46. The zero-order chi connectivity index (χ0) is 13.5. The molecular weight excluding hydrogens is 238 g/mol. The van der Waals surface area contributed by atoms with E-state index in [-0.39, 0.29) is 5.54 Å². The molecule has 104 valence electrons. The molecule has 1 aromatic heterocycles. The molecule has 3 rings (SSSR count). The van der Waals surface area contributed by atoms with E-state index in [1.54, 1.807) is 0 Å². The van der Waals surface area contributed by atoms with E-state index in [2.05, 4.69) is 35.1 Å². The predicted octanol–water partition coefficient (Wildman–Crippen LogP) is 1.91. The number of nitrogens with one attached hydrogen (secondary N) is 1. The van der Waals surface area contributed by atoms with Crippen LogP contribution in [0, 0.1) is 11.8 Å². The van der Waals surface area contributed by atoms with Gasteiger partial charge in [0.05, 0.1) is 6.61 Å². The van der Waals surface area contributed by atoms with E-state index < -0.39 is 0 Å². The van der Waals surface area contributed by atoms with Gasteiger partial charge in [-0.15, -0.1) is 0 Å². The molecule has 0 radical (unpaired) electrons. The molecule has 2 saturated heterocycles. The van der Waals surface area contributed by atoms with Crippen molar-refractivity contribution in [1.29, 1.82) is 0 Å². The highest BCUT2D eigenvalue weighted by Crippen LogP contribution is 2.42. The molecule has 4 nitrogen and oxygen atoms in total. The van der Waals surface area contributed by atoms with Crippen LogP contribution in [0.1, 0.15) is 20.8 Å². The first-order valence-electron chi connectivity index (χ1n) is 7.21. The Morgan fingerprint density at radius 2 is 2.26 bits per heavy atom. The van der Waals surface area contributed by atoms with Crippen LogP contribution in [0.3, 0.4) is 0 Å². The highest BCUT2D eigenvalue weighted by Gasteiger charge is 2.49. The van der Waals surface area contributed by atoms with Gasteiger partial charge in [0.15, 0.2) is 0 Å². The van der Waals surface area contributed by atoms with Gasteiger partial charge in [-0.05, 0) is 38.7 Å². The predicted molar refractivity (Wildman–Crippen MR) is 76.7 cm³/mol. The molecule has 19 heavy (non-hydrogen) atoms. The number of hydrogen-bond donors (Lipinski definition) is 1. The summed E-state index contributed by atoms with van der Waals surface area (Å²) in [7, 11) is 0. The van der Waals surface area contributed by atoms with Gasteiger partial charge >= 0.3 is 0 Å². The van der Waals surface area contributed by atoms with Crippen LogP contribution in [0.15, 0.2) is 18.2 Å². The van der Waals surface area contributed by atoms with Gasteiger partial charge in [0, 0.05) is 31.2 Å². The van der Waals surface area contributed by atoms with E-state index in [4.69, 9.17) is 4.74 Å². The Morgan fingerprint density at radius 1 is 1.42 bits per heavy atom. The Morgan fingerprint density at radius 3 is 3.00 bits per heavy atom. The lowest BCUT2D eigenvalue weighted by Crippen LogP contribution is -2.45. The van der Waals surface area contributed by atoms with Crippen molar-refractivity contribution >= 4 is 5.82 Å². The summed E-state index contributed by atoms with van der Waals surface area (Å²) in [6.45, 7) is 10.7. The molecule has 2 aliphatic heterocycles. The number of pyridine rings is 1. The van der Waals surface area contributed by atoms with Crippen LogP contribution < -0.4 is 15.0 Å². The van der Waals surface area contributed by atoms with Gasteiger partial charge in [-0.25, -0.2) is 0 Å². The van der Waals surface area contributed by atoms with E-state index in [0.29, 0.717) is 12.5 Å². The van der Waals surface area contributed by atoms with Gasteiger partial charge in [-0.3, -0.25) is 0 Å². The molecule has 2 aliphatic rings. The summed E-state index contributed by atoms with van der Waals surface area (Å²) in [5, 5.41) is 3.51. The fourth-order valence-corrected chi connectivity index (χ4v) is 3.59. The number of hydrogen-bond acceptors (Lipinski definition) is 4. The van der Waals surface area contributed by atoms with E-state index in [9.17, 15) is 0 Å². The van der Waals surface area contributed by atoms with Crippen LogP contribution in [0.4, 0.5) is 5.82 Å². The molecule has 0 spiro atoms. The quantitative estimate of drug-likeness (QED) is 0.902. The molecule has 0 aromatic carbocycles. The van der Waals surface area contributed by atoms with Gasteiger partial charge in [-0.2, -0.15) is 4.98 Å². The van der Waals surface area contributed by atoms with Gasteiger partial charge in [0.1, 0.15) is 5.82 Å². The van der Waals surface area contributed by atoms with Crippen molar-refractivity contribution in [3.63, 3.8) is 0 Å². The van der Waals surface area contributed by atoms with Crippen LogP contribution in [-0.2, 0) is 0 Å². The smallest absolute Gasteiger partial charge is 0.215 e. The summed E-state index contributed by atoms with van der Waals surface area (Å²) < 4.78 is 5.52. The maximum Gasteiger partial charge on any atom is 0.215 e. The monoisotopic (exact) mass is 261 g/mol. The normalized spacial score (nSPS) is 28.5. The van der Waals surface area contributed by atoms with Crippen molar-refractivity contribution in [1.82, 2.24) is 10.3 Å². The molecule has 0 aliphatic carbocycles. The second kappa shape index (κ2) is 4.67. The zero-order valence-electron chi connectivity index (χ0n) is 12.0. The van der Waals surface area contributed by atoms with Gasteiger partial charge in [0.2, 0.25) is 5.88 Å². The summed E-state index contributed by atoms with van der Waals surface area (Å²) in [6.07, 6.45) is 0. The van der Waals surface area contributed by atoms with Crippen molar-refractivity contribution in [2.45, 2.75) is 26.3 Å². The fourth-order valence-electron chi connectivity index (χ4n) is 3.59. The first kappa shape index (κ1) is 12.7. The topological polar surface area (TPSA) is 37.4 Å². The minimum absolute atomic E-state index is 0.159. The summed E-state index contributed by atoms with van der Waals surface area (Å²) in [5.41, 5.74) is 0.159. The van der Waals surface area contributed by atoms with Gasteiger partial charge < -0.3 is 15.0 Å². The van der Waals surface area contributed by atoms with E-state index >= 15 is 0 Å². The minimum atomic E-state index is 0.159. The summed E-state index contributed by atoms with van der Waals surface area (Å²) in [6, 6.07) is 6.06. The van der Waals surface area contributed by atoms with Crippen molar-refractivity contribution in [2.24, 2.45) is 11.8 Å². The van der Waals surface area contributed by atoms with Crippen molar-refractivity contribution < 1.29 is 4.74 Å². The average Bonchev–Trinajstić information content (AvgIpc) is 2.93. The van der Waals surface area contributed by atoms with Gasteiger partial charge in [0.25, 0.3) is 0 Å². The maximum atomic E-state index is 5.52. The second-order valence-electron chi connectivity index (χ2n) is 6.06. The molecule has 1 aromatic rings. The molecule has 3 heterocycles. The minimum Gasteiger partial charge on any atom is -0.478 e. The summed E-state index contributed by atoms with van der Waals surface area (Å²) >= 11 is 0. The standard InChI is InChI=1S/C15H23N3O/c1-4-19-14-7-5-6-13(17-14)18-10-11-8-16-9-12(11)15(18,2)3/h5-7,11-12,16H,4,8-10H2,1-3H3. The SMILES string of the molecule is CCOc1cccc(N2CC3CNCC3C2(C)C)n1. The number of fused-ring (bicyclic) bond motifs is 1. The molecule has 2 atom stereocenters. The second-order valence-corrected chi connectivity index (χ2v) is 6.06. The molecule has 0 saturated carbocycles. The molecular formula is C15H23N3O. The number of anilines is 1. The lowest BCUT2D eigenvalue weighted by Gasteiger charge is -2.36. The molecule has 4 heteroatoms. The third kappa shape index (κ3) is 2.08. The Balaban J connectivity index is 1.88. The van der Waals surface area contributed by atoms with Crippen molar-refractivity contribution in [3.8, 4) is 5.88 Å². The zero-order valence-corrected chi connectivity index (χ0v) is 12.0. The van der Waals surface area contributed by atoms with Crippen LogP contribution in [0.5, 0.6) is 5.88 Å². The van der Waals surface area contributed by atoms with Crippen LogP contribution >= 0.6 is 0 Å². The molecule has 2 unspecified atom stereocenters. The molecule has 0 amide bonds. The number of aromatic nitrogens is 1. The fraction of sp³-hybridized carbons (Fsp3) is 0.667. The Kier molecular flexibility index (Phi) is 3.13. The Bertz CT molecular complexity index is 460. The van der Waals surface area contributed by atoms with E-state index in [1.165, 1.54) is 0 Å². The average molecular weight is 261 g/mol. The van der Waals surface area contributed by atoms with Crippen LogP contribution in [-0.4, -0.2) is 36.8 Å². The molecule has 0 bridgehead atoms. The largest absolute Gasteiger partial charge is 0.478 e. The number of ether oxygens (including phenoxy) is 1. The first-order chi connectivity index (χ1) is 9.13. The maximum absolute atomic E-state index is 5.52. The number of rotatable bonds is 3. The molecule has 1 N–H and O–H groups in total. The van der Waals surface area contributed by atoms with Crippen LogP contribution in [0.2, 0.25) is 0 Å². The van der Waals surface area contributed by atoms with Gasteiger partial charge in [-0.1, -0.05) is 6.07 Å². The summed E-state index contributed by atoms with van der Waals surface area (Å²) in [4.78, 5) is 7.10. The Hall–Kier alpha value is -1.29. The van der Waals surface area contributed by atoms with Crippen molar-refractivity contribution in [2.75, 3.05) is 31.1 Å². The lowest BCUT2D eigenvalue weighted by molar-refractivity contribution is 0.325. The van der Waals surface area contributed by atoms with E-state index in [0.717, 1.165) is 37.3 Å². The van der Waals surface area contributed by atoms with Crippen LogP contribution in [0.25, 0.3) is 0 Å². The third-order valence-corrected chi connectivity index (χ3v) is 4.64. The Labute approximate surface area is 115 Å². The third-order valence-electron chi connectivity index (χ3n) is 4.64. The highest BCUT2D eigenvalue weighted by atomic mass is 16.5. The molecule has 2 fully saturated rings. The first-order valence-corrected chi connectivity index (χ1v) is 7.21.